The molecule has 0 saturated heterocycles. The molecule has 0 unspecified atom stereocenters. The zero-order valence-electron chi connectivity index (χ0n) is 13.6. The van der Waals surface area contributed by atoms with Crippen LogP contribution in [0.5, 0.6) is 0 Å². The second-order valence-electron chi connectivity index (χ2n) is 5.75. The van der Waals surface area contributed by atoms with E-state index >= 15 is 0 Å². The molecule has 0 N–H and O–H groups in total. The molecule has 0 aliphatic rings. The Morgan fingerprint density at radius 2 is 1.32 bits per heavy atom. The molecule has 0 saturated carbocycles. The van der Waals surface area contributed by atoms with Gasteiger partial charge in [0.05, 0.1) is 0 Å². The number of benzene rings is 2. The number of rotatable bonds is 4. The van der Waals surface area contributed by atoms with Crippen LogP contribution in [0, 0.1) is 5.92 Å². The maximum absolute atomic E-state index is 13.8. The minimum absolute atomic E-state index is 0.204. The van der Waals surface area contributed by atoms with Gasteiger partial charge in [-0.2, -0.15) is 0 Å². The third kappa shape index (κ3) is 3.48. The number of nitrogens with zero attached hydrogens (tertiary/aromatic N) is 2. The van der Waals surface area contributed by atoms with Gasteiger partial charge >= 0.3 is 0 Å². The Kier molecular flexibility index (Phi) is 5.20. The van der Waals surface area contributed by atoms with E-state index in [1.54, 1.807) is 0 Å². The lowest BCUT2D eigenvalue weighted by Crippen LogP contribution is -2.28. The predicted octanol–water partition coefficient (Wildman–Crippen LogP) is 3.53. The van der Waals surface area contributed by atoms with Crippen molar-refractivity contribution in [2.75, 3.05) is 14.1 Å². The van der Waals surface area contributed by atoms with Gasteiger partial charge in [-0.25, -0.2) is 4.76 Å². The van der Waals surface area contributed by atoms with Gasteiger partial charge in [-0.05, 0) is 24.3 Å². The normalized spacial score (nSPS) is 12.5. The molecule has 0 aromatic heterocycles. The van der Waals surface area contributed by atoms with Gasteiger partial charge in [-0.3, -0.25) is 4.57 Å². The minimum atomic E-state index is -3.04. The molecule has 2 rings (SSSR count). The average Bonchev–Trinajstić information content (AvgIpc) is 2.53. The van der Waals surface area contributed by atoms with Crippen molar-refractivity contribution in [1.82, 2.24) is 4.90 Å². The van der Waals surface area contributed by atoms with Crippen molar-refractivity contribution in [3.05, 3.63) is 60.7 Å². The molecule has 0 amide bonds. The molecule has 0 spiro atoms. The smallest absolute Gasteiger partial charge is 0.249 e. The Bertz CT molecular complexity index is 625. The summed E-state index contributed by atoms with van der Waals surface area (Å²) in [5, 5.41) is 1.53. The van der Waals surface area contributed by atoms with Gasteiger partial charge in [0.25, 0.3) is 0 Å². The van der Waals surface area contributed by atoms with Crippen LogP contribution >= 0.6 is 7.29 Å². The quantitative estimate of drug-likeness (QED) is 0.491. The van der Waals surface area contributed by atoms with E-state index in [9.17, 15) is 4.57 Å². The molecule has 3 nitrogen and oxygen atoms in total. The van der Waals surface area contributed by atoms with Crippen LogP contribution in [0.4, 0.5) is 0 Å². The monoisotopic (exact) mass is 314 g/mol. The van der Waals surface area contributed by atoms with E-state index < -0.39 is 7.29 Å². The first kappa shape index (κ1) is 16.5. The Labute approximate surface area is 133 Å². The van der Waals surface area contributed by atoms with Crippen LogP contribution in [-0.4, -0.2) is 24.8 Å². The lowest BCUT2D eigenvalue weighted by Gasteiger charge is -2.23. The van der Waals surface area contributed by atoms with E-state index in [1.165, 1.54) is 0 Å². The van der Waals surface area contributed by atoms with Crippen LogP contribution in [-0.2, 0) is 4.57 Å². The first-order valence-corrected chi connectivity index (χ1v) is 9.10. The molecule has 0 heterocycles. The van der Waals surface area contributed by atoms with Crippen molar-refractivity contribution in [2.45, 2.75) is 13.8 Å². The lowest BCUT2D eigenvalue weighted by molar-refractivity contribution is 0.568. The molecule has 2 aromatic rings. The van der Waals surface area contributed by atoms with Crippen LogP contribution in [0.3, 0.4) is 0 Å². The van der Waals surface area contributed by atoms with E-state index in [0.29, 0.717) is 0 Å². The van der Waals surface area contributed by atoms with E-state index in [1.807, 2.05) is 79.7 Å². The topological polar surface area (TPSA) is 32.7 Å². The van der Waals surface area contributed by atoms with E-state index in [2.05, 4.69) is 13.8 Å². The number of hydrogen-bond acceptors (Lipinski definition) is 1. The highest BCUT2D eigenvalue weighted by molar-refractivity contribution is 7.77. The maximum atomic E-state index is 13.8. The van der Waals surface area contributed by atoms with Gasteiger partial charge in [0.2, 0.25) is 7.29 Å². The predicted molar refractivity (Wildman–Crippen MR) is 95.7 cm³/mol. The average molecular weight is 314 g/mol. The van der Waals surface area contributed by atoms with E-state index in [-0.39, 0.29) is 5.92 Å². The van der Waals surface area contributed by atoms with Gasteiger partial charge < -0.3 is 4.90 Å². The van der Waals surface area contributed by atoms with Crippen molar-refractivity contribution >= 4 is 23.7 Å². The highest BCUT2D eigenvalue weighted by atomic mass is 31.2. The minimum Gasteiger partial charge on any atom is -0.366 e. The summed E-state index contributed by atoms with van der Waals surface area (Å²) < 4.78 is 18.6. The van der Waals surface area contributed by atoms with Crippen molar-refractivity contribution < 1.29 is 4.57 Å². The Morgan fingerprint density at radius 3 is 1.64 bits per heavy atom. The van der Waals surface area contributed by atoms with Gasteiger partial charge in [-0.1, -0.05) is 50.2 Å². The summed E-state index contributed by atoms with van der Waals surface area (Å²) in [6, 6.07) is 19.1. The zero-order chi connectivity index (χ0) is 16.2. The molecule has 116 valence electrons. The van der Waals surface area contributed by atoms with Crippen LogP contribution in [0.15, 0.2) is 65.4 Å². The maximum Gasteiger partial charge on any atom is 0.249 e. The van der Waals surface area contributed by atoms with Crippen molar-refractivity contribution in [2.24, 2.45) is 10.7 Å². The molecule has 0 aliphatic carbocycles. The Hall–Kier alpha value is -1.86. The molecule has 2 aromatic carbocycles. The summed E-state index contributed by atoms with van der Waals surface area (Å²) in [5.74, 6) is 1.05. The summed E-state index contributed by atoms with van der Waals surface area (Å²) in [4.78, 5) is 1.95. The van der Waals surface area contributed by atoms with Crippen LogP contribution in [0.25, 0.3) is 0 Å². The van der Waals surface area contributed by atoms with Gasteiger partial charge in [0.15, 0.2) is 0 Å². The van der Waals surface area contributed by atoms with E-state index in [0.717, 1.165) is 16.4 Å². The summed E-state index contributed by atoms with van der Waals surface area (Å²) in [6.07, 6.45) is 0. The third-order valence-electron chi connectivity index (χ3n) is 3.43. The highest BCUT2D eigenvalue weighted by Gasteiger charge is 2.28. The fourth-order valence-electron chi connectivity index (χ4n) is 2.39. The van der Waals surface area contributed by atoms with Gasteiger partial charge in [0, 0.05) is 30.6 Å². The first-order chi connectivity index (χ1) is 10.4. The van der Waals surface area contributed by atoms with Crippen molar-refractivity contribution in [3.63, 3.8) is 0 Å². The molecule has 22 heavy (non-hydrogen) atoms. The summed E-state index contributed by atoms with van der Waals surface area (Å²) in [6.45, 7) is 4.14. The molecule has 0 bridgehead atoms. The SMILES string of the molecule is CC(C)/C(=N\P(=O)(c1ccccc1)c1ccccc1)N(C)C. The fourth-order valence-corrected chi connectivity index (χ4v) is 4.77. The largest absolute Gasteiger partial charge is 0.366 e. The summed E-state index contributed by atoms with van der Waals surface area (Å²) >= 11 is 0. The lowest BCUT2D eigenvalue weighted by atomic mass is 10.2. The molecule has 0 radical (unpaired) electrons. The first-order valence-electron chi connectivity index (χ1n) is 7.44. The molecular formula is C18H23N2OP. The fraction of sp³-hybridized carbons (Fsp3) is 0.278. The molecule has 0 aliphatic heterocycles. The van der Waals surface area contributed by atoms with Crippen LogP contribution in [0.2, 0.25) is 0 Å². The Balaban J connectivity index is 2.67. The Morgan fingerprint density at radius 1 is 0.909 bits per heavy atom. The van der Waals surface area contributed by atoms with Crippen molar-refractivity contribution in [3.8, 4) is 0 Å². The van der Waals surface area contributed by atoms with Crippen LogP contribution < -0.4 is 10.6 Å². The summed E-state index contributed by atoms with van der Waals surface area (Å²) in [7, 11) is 0.846. The molecular weight excluding hydrogens is 291 g/mol. The van der Waals surface area contributed by atoms with Crippen LogP contribution in [0.1, 0.15) is 13.8 Å². The molecule has 0 fully saturated rings. The number of hydrogen-bond donors (Lipinski definition) is 0. The second kappa shape index (κ2) is 6.93. The van der Waals surface area contributed by atoms with Gasteiger partial charge in [-0.15, -0.1) is 0 Å². The third-order valence-corrected chi connectivity index (χ3v) is 5.91. The highest BCUT2D eigenvalue weighted by Crippen LogP contribution is 2.45. The zero-order valence-corrected chi connectivity index (χ0v) is 14.5. The number of amidine groups is 1. The standard InChI is InChI=1S/C18H23N2OP/c1-15(2)18(20(3)4)19-22(21,16-11-7-5-8-12-16)17-13-9-6-10-14-17/h5-15H,1-4H3/b19-18+. The second-order valence-corrected chi connectivity index (χ2v) is 8.14. The molecule has 0 atom stereocenters. The van der Waals surface area contributed by atoms with Gasteiger partial charge in [0.1, 0.15) is 5.84 Å². The molecule has 4 heteroatoms. The van der Waals surface area contributed by atoms with Crippen molar-refractivity contribution in [1.29, 1.82) is 0 Å². The van der Waals surface area contributed by atoms with E-state index in [4.69, 9.17) is 4.76 Å². The summed E-state index contributed by atoms with van der Waals surface area (Å²) in [5.41, 5.74) is 0.